The van der Waals surface area contributed by atoms with Crippen molar-refractivity contribution >= 4 is 46.4 Å². The van der Waals surface area contributed by atoms with Crippen molar-refractivity contribution in [1.29, 1.82) is 0 Å². The van der Waals surface area contributed by atoms with Gasteiger partial charge in [-0.15, -0.1) is 0 Å². The van der Waals surface area contributed by atoms with Crippen LogP contribution in [0.4, 0.5) is 10.1 Å². The molecule has 6 heteroatoms. The highest BCUT2D eigenvalue weighted by molar-refractivity contribution is 6.44. The van der Waals surface area contributed by atoms with Crippen LogP contribution in [0.25, 0.3) is 0 Å². The zero-order chi connectivity index (χ0) is 14.0. The van der Waals surface area contributed by atoms with Crippen molar-refractivity contribution < 1.29 is 9.18 Å². The van der Waals surface area contributed by atoms with Crippen LogP contribution in [0, 0.1) is 5.82 Å². The van der Waals surface area contributed by atoms with Crippen LogP contribution < -0.4 is 5.32 Å². The van der Waals surface area contributed by atoms with E-state index in [4.69, 9.17) is 34.8 Å². The monoisotopic (exact) mass is 317 g/mol. The molecule has 0 aromatic heterocycles. The molecule has 1 N–H and O–H groups in total. The zero-order valence-electron chi connectivity index (χ0n) is 9.38. The van der Waals surface area contributed by atoms with E-state index in [-0.39, 0.29) is 15.6 Å². The molecule has 2 aromatic rings. The first kappa shape index (κ1) is 14.1. The minimum Gasteiger partial charge on any atom is -0.320 e. The van der Waals surface area contributed by atoms with E-state index in [1.165, 1.54) is 12.1 Å². The van der Waals surface area contributed by atoms with Gasteiger partial charge in [0.15, 0.2) is 0 Å². The average Bonchev–Trinajstić information content (AvgIpc) is 2.38. The summed E-state index contributed by atoms with van der Waals surface area (Å²) in [6.45, 7) is 0. The highest BCUT2D eigenvalue weighted by Crippen LogP contribution is 2.30. The number of rotatable bonds is 2. The summed E-state index contributed by atoms with van der Waals surface area (Å²) < 4.78 is 13.5. The Morgan fingerprint density at radius 3 is 2.58 bits per heavy atom. The van der Waals surface area contributed by atoms with E-state index < -0.39 is 11.7 Å². The van der Waals surface area contributed by atoms with E-state index >= 15 is 0 Å². The molecule has 0 fully saturated rings. The molecule has 2 nitrogen and oxygen atoms in total. The summed E-state index contributed by atoms with van der Waals surface area (Å²) >= 11 is 17.5. The van der Waals surface area contributed by atoms with Crippen molar-refractivity contribution in [2.24, 2.45) is 0 Å². The number of carbonyl (C=O) groups excluding carboxylic acids is 1. The van der Waals surface area contributed by atoms with Gasteiger partial charge >= 0.3 is 0 Å². The van der Waals surface area contributed by atoms with Gasteiger partial charge in [0.05, 0.1) is 21.3 Å². The number of nitrogens with one attached hydrogen (secondary N) is 1. The lowest BCUT2D eigenvalue weighted by Gasteiger charge is -2.09. The van der Waals surface area contributed by atoms with Gasteiger partial charge < -0.3 is 5.32 Å². The molecule has 0 heterocycles. The fraction of sp³-hybridized carbons (Fsp3) is 0. The number of anilines is 1. The smallest absolute Gasteiger partial charge is 0.258 e. The first-order valence-electron chi connectivity index (χ1n) is 5.19. The van der Waals surface area contributed by atoms with Crippen molar-refractivity contribution in [3.63, 3.8) is 0 Å². The maximum atomic E-state index is 13.5. The predicted octanol–water partition coefficient (Wildman–Crippen LogP) is 5.04. The Morgan fingerprint density at radius 2 is 1.84 bits per heavy atom. The molecular weight excluding hydrogens is 312 g/mol. The molecule has 0 aliphatic rings. The van der Waals surface area contributed by atoms with Gasteiger partial charge in [-0.25, -0.2) is 4.39 Å². The summed E-state index contributed by atoms with van der Waals surface area (Å²) in [5.41, 5.74) is 0.141. The van der Waals surface area contributed by atoms with Gasteiger partial charge in [0.2, 0.25) is 0 Å². The highest BCUT2D eigenvalue weighted by Gasteiger charge is 2.14. The largest absolute Gasteiger partial charge is 0.320 e. The van der Waals surface area contributed by atoms with Crippen LogP contribution >= 0.6 is 34.8 Å². The second kappa shape index (κ2) is 5.78. The Labute approximate surface area is 124 Å². The van der Waals surface area contributed by atoms with Gasteiger partial charge in [-0.2, -0.15) is 0 Å². The third kappa shape index (κ3) is 3.18. The summed E-state index contributed by atoms with van der Waals surface area (Å²) in [6, 6.07) is 8.49. The topological polar surface area (TPSA) is 29.1 Å². The molecule has 0 saturated heterocycles. The molecule has 0 unspecified atom stereocenters. The van der Waals surface area contributed by atoms with E-state index in [9.17, 15) is 9.18 Å². The molecule has 0 saturated carbocycles. The van der Waals surface area contributed by atoms with Crippen LogP contribution in [0.5, 0.6) is 0 Å². The van der Waals surface area contributed by atoms with Crippen molar-refractivity contribution in [3.05, 3.63) is 62.8 Å². The van der Waals surface area contributed by atoms with Crippen LogP contribution in [-0.4, -0.2) is 5.91 Å². The Morgan fingerprint density at radius 1 is 1.11 bits per heavy atom. The standard InChI is InChI=1S/C13H7Cl3FNO/c14-7-4-5-10(17)8(6-7)13(19)18-11-3-1-2-9(15)12(11)16/h1-6H,(H,18,19). The molecule has 0 aliphatic carbocycles. The summed E-state index contributed by atoms with van der Waals surface area (Å²) in [5, 5.41) is 3.24. The molecule has 2 aromatic carbocycles. The quantitative estimate of drug-likeness (QED) is 0.826. The molecule has 19 heavy (non-hydrogen) atoms. The Kier molecular flexibility index (Phi) is 4.30. The minimum absolute atomic E-state index is 0.163. The Bertz CT molecular complexity index is 646. The minimum atomic E-state index is -0.667. The van der Waals surface area contributed by atoms with Crippen molar-refractivity contribution in [2.45, 2.75) is 0 Å². The third-order valence-electron chi connectivity index (χ3n) is 2.37. The highest BCUT2D eigenvalue weighted by atomic mass is 35.5. The number of amides is 1. The zero-order valence-corrected chi connectivity index (χ0v) is 11.7. The van der Waals surface area contributed by atoms with E-state index in [2.05, 4.69) is 5.32 Å². The Hall–Kier alpha value is -1.29. The van der Waals surface area contributed by atoms with Crippen LogP contribution in [0.2, 0.25) is 15.1 Å². The molecule has 0 bridgehead atoms. The van der Waals surface area contributed by atoms with Crippen LogP contribution in [0.1, 0.15) is 10.4 Å². The molecule has 2 rings (SSSR count). The fourth-order valence-corrected chi connectivity index (χ4v) is 1.98. The predicted molar refractivity (Wildman–Crippen MR) is 75.8 cm³/mol. The van der Waals surface area contributed by atoms with Gasteiger partial charge in [-0.3, -0.25) is 4.79 Å². The van der Waals surface area contributed by atoms with Gasteiger partial charge in [0.1, 0.15) is 5.82 Å². The summed E-state index contributed by atoms with van der Waals surface area (Å²) in [4.78, 5) is 11.9. The lowest BCUT2D eigenvalue weighted by Crippen LogP contribution is -2.14. The van der Waals surface area contributed by atoms with Crippen LogP contribution in [-0.2, 0) is 0 Å². The van der Waals surface area contributed by atoms with Gasteiger partial charge in [0, 0.05) is 5.02 Å². The molecule has 0 aliphatic heterocycles. The molecule has 1 amide bonds. The SMILES string of the molecule is O=C(Nc1cccc(Cl)c1Cl)c1cc(Cl)ccc1F. The van der Waals surface area contributed by atoms with Crippen molar-refractivity contribution in [3.8, 4) is 0 Å². The Balaban J connectivity index is 2.31. The average molecular weight is 319 g/mol. The molecule has 0 atom stereocenters. The summed E-state index contributed by atoms with van der Waals surface area (Å²) in [6.07, 6.45) is 0. The first-order chi connectivity index (χ1) is 8.99. The van der Waals surface area contributed by atoms with E-state index in [1.54, 1.807) is 18.2 Å². The van der Waals surface area contributed by atoms with Crippen LogP contribution in [0.15, 0.2) is 36.4 Å². The lowest BCUT2D eigenvalue weighted by molar-refractivity contribution is 0.102. The van der Waals surface area contributed by atoms with E-state index in [0.29, 0.717) is 10.7 Å². The number of benzene rings is 2. The number of halogens is 4. The molecular formula is C13H7Cl3FNO. The van der Waals surface area contributed by atoms with Gasteiger partial charge in [-0.1, -0.05) is 40.9 Å². The molecule has 0 spiro atoms. The number of hydrogen-bond donors (Lipinski definition) is 1. The summed E-state index contributed by atoms with van der Waals surface area (Å²) in [7, 11) is 0. The fourth-order valence-electron chi connectivity index (χ4n) is 1.46. The lowest BCUT2D eigenvalue weighted by atomic mass is 10.2. The number of carbonyl (C=O) groups is 1. The maximum absolute atomic E-state index is 13.5. The van der Waals surface area contributed by atoms with Gasteiger partial charge in [0.25, 0.3) is 5.91 Å². The third-order valence-corrected chi connectivity index (χ3v) is 3.43. The van der Waals surface area contributed by atoms with E-state index in [0.717, 1.165) is 6.07 Å². The van der Waals surface area contributed by atoms with Crippen molar-refractivity contribution in [2.75, 3.05) is 5.32 Å². The normalized spacial score (nSPS) is 10.3. The van der Waals surface area contributed by atoms with Crippen LogP contribution in [0.3, 0.4) is 0 Å². The molecule has 98 valence electrons. The molecule has 0 radical (unpaired) electrons. The second-order valence-corrected chi connectivity index (χ2v) is 4.90. The second-order valence-electron chi connectivity index (χ2n) is 3.68. The summed E-state index contributed by atoms with van der Waals surface area (Å²) in [5.74, 6) is -1.32. The maximum Gasteiger partial charge on any atom is 0.258 e. The first-order valence-corrected chi connectivity index (χ1v) is 6.33. The number of hydrogen-bond acceptors (Lipinski definition) is 1. The van der Waals surface area contributed by atoms with E-state index in [1.807, 2.05) is 0 Å². The van der Waals surface area contributed by atoms with Crippen molar-refractivity contribution in [1.82, 2.24) is 0 Å². The van der Waals surface area contributed by atoms with Gasteiger partial charge in [-0.05, 0) is 30.3 Å².